The molecule has 5 heterocycles. The Balaban J connectivity index is 1.10. The lowest BCUT2D eigenvalue weighted by Crippen LogP contribution is -2.60. The summed E-state index contributed by atoms with van der Waals surface area (Å²) in [5, 5.41) is 13.3. The molecule has 5 heteroatoms. The molecule has 0 bridgehead atoms. The van der Waals surface area contributed by atoms with E-state index >= 15 is 0 Å². The number of hydrogen-bond donors (Lipinski definition) is 0. The minimum absolute atomic E-state index is 0.0876. The van der Waals surface area contributed by atoms with Gasteiger partial charge in [0, 0.05) is 73.4 Å². The summed E-state index contributed by atoms with van der Waals surface area (Å²) in [6.45, 7) is 19.7. The maximum absolute atomic E-state index is 2.83. The Morgan fingerprint density at radius 3 is 1.68 bits per heavy atom. The number of benzene rings is 9. The molecular weight excluding hydrogens is 896 g/mol. The Morgan fingerprint density at radius 1 is 0.437 bits per heavy atom. The molecule has 71 heavy (non-hydrogen) atoms. The second-order valence-electron chi connectivity index (χ2n) is 24.5. The quantitative estimate of drug-likeness (QED) is 0.149. The first-order valence-corrected chi connectivity index (χ1v) is 27.7. The number of nitrogens with zero attached hydrogens (tertiary/aromatic N) is 2. The highest BCUT2D eigenvalue weighted by Crippen LogP contribution is 2.57. The van der Waals surface area contributed by atoms with Crippen molar-refractivity contribution in [1.29, 1.82) is 0 Å². The van der Waals surface area contributed by atoms with E-state index in [1.165, 1.54) is 171 Å². The summed E-state index contributed by atoms with van der Waals surface area (Å²) in [5.41, 5.74) is 18.6. The van der Waals surface area contributed by atoms with Crippen LogP contribution in [0.2, 0.25) is 0 Å². The predicted molar refractivity (Wildman–Crippen MR) is 311 cm³/mol. The molecule has 16 rings (SSSR count). The van der Waals surface area contributed by atoms with Crippen LogP contribution in [0.1, 0.15) is 103 Å². The van der Waals surface area contributed by atoms with E-state index in [1.54, 1.807) is 0 Å². The largest absolute Gasteiger partial charge is 0.376 e. The van der Waals surface area contributed by atoms with Crippen LogP contribution in [-0.2, 0) is 21.7 Å². The third-order valence-corrected chi connectivity index (χ3v) is 20.9. The van der Waals surface area contributed by atoms with Crippen molar-refractivity contribution in [3.63, 3.8) is 0 Å². The van der Waals surface area contributed by atoms with Gasteiger partial charge in [-0.05, 0) is 169 Å². The van der Waals surface area contributed by atoms with Crippen LogP contribution < -0.4 is 15.7 Å². The fourth-order valence-corrected chi connectivity index (χ4v) is 16.9. The van der Waals surface area contributed by atoms with Gasteiger partial charge in [-0.3, -0.25) is 0 Å². The molecule has 9 aromatic carbocycles. The summed E-state index contributed by atoms with van der Waals surface area (Å²) in [6, 6.07) is 55.5. The van der Waals surface area contributed by atoms with Crippen LogP contribution in [0.15, 0.2) is 140 Å². The van der Waals surface area contributed by atoms with Crippen LogP contribution in [0.5, 0.6) is 0 Å². The van der Waals surface area contributed by atoms with Crippen molar-refractivity contribution in [2.75, 3.05) is 4.81 Å². The van der Waals surface area contributed by atoms with Crippen molar-refractivity contribution in [2.45, 2.75) is 103 Å². The molecule has 0 radical (unpaired) electrons. The smallest absolute Gasteiger partial charge is 0.333 e. The van der Waals surface area contributed by atoms with E-state index in [9.17, 15) is 0 Å². The summed E-state index contributed by atoms with van der Waals surface area (Å²) in [4.78, 5) is 2.83. The second-order valence-corrected chi connectivity index (χ2v) is 26.7. The molecule has 0 amide bonds. The first-order valence-electron chi connectivity index (χ1n) is 26.0. The van der Waals surface area contributed by atoms with Gasteiger partial charge in [0.2, 0.25) is 0 Å². The number of rotatable bonds is 1. The van der Waals surface area contributed by atoms with E-state index in [2.05, 4.69) is 204 Å². The van der Waals surface area contributed by atoms with Crippen LogP contribution in [-0.4, -0.2) is 11.4 Å². The summed E-state index contributed by atoms with van der Waals surface area (Å²) in [5.74, 6) is 0. The molecule has 344 valence electrons. The average Bonchev–Trinajstić information content (AvgIpc) is 4.04. The highest BCUT2D eigenvalue weighted by atomic mass is 32.1. The fourth-order valence-electron chi connectivity index (χ4n) is 14.6. The number of fused-ring (bicyclic) bond motifs is 19. The Hall–Kier alpha value is -6.40. The fraction of sp³-hybridized carbons (Fsp3) is 0.242. The Labute approximate surface area is 423 Å². The summed E-state index contributed by atoms with van der Waals surface area (Å²) in [6.07, 6.45) is 4.80. The van der Waals surface area contributed by atoms with Gasteiger partial charge in [0.1, 0.15) is 0 Å². The normalized spacial score (nSPS) is 18.0. The minimum atomic E-state index is -0.0876. The SMILES string of the molecule is CC1(C)CCC(C)(C)c2cc3c(cc21)sc1cccc(N2B4c5c(cc6ccccc6c5-n5c6cc7ccccc7cc6c6cccc4c65)-c4c2ccc2sc5cc6c(cc5c42)C(C)(C)CCC6(C)C)c13. The molecule has 0 N–H and O–H groups in total. The van der Waals surface area contributed by atoms with E-state index in [0.717, 1.165) is 0 Å². The summed E-state index contributed by atoms with van der Waals surface area (Å²) >= 11 is 3.98. The zero-order chi connectivity index (χ0) is 47.8. The standard InChI is InChI=1S/C66H55BN2S2/c1-63(2)25-27-65(5,6)47-34-55-42(32-45(47)63)57-50(21-14-22-53(57)70-55)69-51-23-24-54-59(43-33-46-48(35-56(43)71-54)66(7,8)28-26-64(46,3)4)58(51)44-30-38-17-11-12-18-39(38)62-60(44)67(69)49-20-13-19-40-41-29-36-15-9-10-16-37(36)31-52(41)68(62)61(40)49/h9-24,29-35H,25-28H2,1-8H3. The molecule has 2 nitrogen and oxygen atoms in total. The van der Waals surface area contributed by atoms with Gasteiger partial charge in [-0.15, -0.1) is 22.7 Å². The molecule has 2 aliphatic heterocycles. The molecule has 3 aromatic heterocycles. The van der Waals surface area contributed by atoms with Crippen LogP contribution >= 0.6 is 22.7 Å². The first kappa shape index (κ1) is 41.2. The molecular formula is C66H55BN2S2. The number of para-hydroxylation sites is 1. The molecule has 0 unspecified atom stereocenters. The average molecular weight is 951 g/mol. The topological polar surface area (TPSA) is 8.17 Å². The third kappa shape index (κ3) is 5.24. The van der Waals surface area contributed by atoms with Gasteiger partial charge in [0.25, 0.3) is 0 Å². The van der Waals surface area contributed by atoms with Gasteiger partial charge in [-0.2, -0.15) is 0 Å². The maximum atomic E-state index is 2.83. The Bertz CT molecular complexity index is 4440. The summed E-state index contributed by atoms with van der Waals surface area (Å²) < 4.78 is 8.21. The van der Waals surface area contributed by atoms with Crippen LogP contribution in [0, 0.1) is 0 Å². The van der Waals surface area contributed by atoms with Crippen molar-refractivity contribution >= 4 is 136 Å². The molecule has 0 atom stereocenters. The lowest BCUT2D eigenvalue weighted by atomic mass is 9.43. The zero-order valence-electron chi connectivity index (χ0n) is 41.9. The van der Waals surface area contributed by atoms with Crippen LogP contribution in [0.4, 0.5) is 11.4 Å². The predicted octanol–water partition coefficient (Wildman–Crippen LogP) is 17.8. The first-order chi connectivity index (χ1) is 34.2. The lowest BCUT2D eigenvalue weighted by molar-refractivity contribution is 0.332. The number of aromatic nitrogens is 1. The van der Waals surface area contributed by atoms with Crippen molar-refractivity contribution in [1.82, 2.24) is 4.57 Å². The van der Waals surface area contributed by atoms with Crippen molar-refractivity contribution < 1.29 is 0 Å². The highest BCUT2D eigenvalue weighted by molar-refractivity contribution is 7.26. The van der Waals surface area contributed by atoms with E-state index < -0.39 is 0 Å². The van der Waals surface area contributed by atoms with Gasteiger partial charge in [-0.25, -0.2) is 0 Å². The van der Waals surface area contributed by atoms with Gasteiger partial charge in [0.05, 0.1) is 16.7 Å². The molecule has 0 saturated carbocycles. The van der Waals surface area contributed by atoms with Gasteiger partial charge < -0.3 is 9.38 Å². The molecule has 4 aliphatic rings. The Morgan fingerprint density at radius 2 is 1.00 bits per heavy atom. The van der Waals surface area contributed by atoms with Gasteiger partial charge in [0.15, 0.2) is 0 Å². The van der Waals surface area contributed by atoms with E-state index in [-0.39, 0.29) is 28.5 Å². The molecule has 0 fully saturated rings. The summed E-state index contributed by atoms with van der Waals surface area (Å²) in [7, 11) is 0. The van der Waals surface area contributed by atoms with E-state index in [4.69, 9.17) is 0 Å². The minimum Gasteiger partial charge on any atom is -0.376 e. The Kier molecular flexibility index (Phi) is 7.76. The zero-order valence-corrected chi connectivity index (χ0v) is 43.5. The van der Waals surface area contributed by atoms with Gasteiger partial charge in [-0.1, -0.05) is 128 Å². The molecule has 12 aromatic rings. The highest BCUT2D eigenvalue weighted by Gasteiger charge is 2.47. The number of thiophene rings is 2. The number of anilines is 2. The van der Waals surface area contributed by atoms with E-state index in [0.29, 0.717) is 0 Å². The third-order valence-electron chi connectivity index (χ3n) is 18.6. The van der Waals surface area contributed by atoms with Crippen LogP contribution in [0.3, 0.4) is 0 Å². The van der Waals surface area contributed by atoms with Crippen molar-refractivity contribution in [3.05, 3.63) is 162 Å². The van der Waals surface area contributed by atoms with E-state index in [1.807, 2.05) is 22.7 Å². The second kappa shape index (κ2) is 13.4. The monoisotopic (exact) mass is 950 g/mol. The maximum Gasteiger partial charge on any atom is 0.333 e. The molecule has 0 saturated heterocycles. The molecule has 2 aliphatic carbocycles. The van der Waals surface area contributed by atoms with Gasteiger partial charge >= 0.3 is 6.85 Å². The molecule has 0 spiro atoms. The van der Waals surface area contributed by atoms with Crippen molar-refractivity contribution in [3.8, 4) is 16.8 Å². The lowest BCUT2D eigenvalue weighted by Gasteiger charge is -2.43. The number of hydrogen-bond acceptors (Lipinski definition) is 3. The van der Waals surface area contributed by atoms with Crippen molar-refractivity contribution in [2.24, 2.45) is 0 Å². The van der Waals surface area contributed by atoms with Crippen LogP contribution in [0.25, 0.3) is 101 Å².